The lowest BCUT2D eigenvalue weighted by Crippen LogP contribution is -2.54. The second-order valence-electron chi connectivity index (χ2n) is 12.0. The number of carbonyl (C=O) groups excluding carboxylic acids is 3. The minimum atomic E-state index is -0.994. The number of unbranched alkanes of at least 4 members (excludes halogenated alkanes) is 4. The number of nitrogens with one attached hydrogen (secondary N) is 2. The van der Waals surface area contributed by atoms with Crippen LogP contribution in [0.4, 0.5) is 4.79 Å². The normalized spacial score (nSPS) is 12.7. The summed E-state index contributed by atoms with van der Waals surface area (Å²) in [5.41, 5.74) is 2.76. The quantitative estimate of drug-likeness (QED) is 0.208. The van der Waals surface area contributed by atoms with Gasteiger partial charge in [-0.2, -0.15) is 0 Å². The smallest absolute Gasteiger partial charge is 0.408 e. The molecule has 0 aliphatic heterocycles. The number of hydrogen-bond acceptors (Lipinski definition) is 5. The van der Waals surface area contributed by atoms with Gasteiger partial charge in [-0.3, -0.25) is 9.59 Å². The number of alkyl carbamates (subject to hydrolysis) is 1. The third-order valence-corrected chi connectivity index (χ3v) is 7.23. The summed E-state index contributed by atoms with van der Waals surface area (Å²) >= 11 is 0. The zero-order valence-electron chi connectivity index (χ0n) is 26.6. The molecule has 0 aromatic heterocycles. The first kappa shape index (κ1) is 34.7. The molecule has 0 saturated heterocycles. The van der Waals surface area contributed by atoms with Crippen molar-refractivity contribution in [1.82, 2.24) is 15.5 Å². The first-order chi connectivity index (χ1) is 19.9. The van der Waals surface area contributed by atoms with Crippen LogP contribution in [0.5, 0.6) is 5.75 Å². The third-order valence-electron chi connectivity index (χ3n) is 7.23. The van der Waals surface area contributed by atoms with E-state index in [0.717, 1.165) is 60.8 Å². The van der Waals surface area contributed by atoms with E-state index in [1.54, 1.807) is 49.9 Å². The maximum atomic E-state index is 14.6. The molecule has 0 spiro atoms. The fraction of sp³-hybridized carbons (Fsp3) is 0.559. The molecule has 42 heavy (non-hydrogen) atoms. The van der Waals surface area contributed by atoms with E-state index >= 15 is 0 Å². The highest BCUT2D eigenvalue weighted by atomic mass is 16.6. The van der Waals surface area contributed by atoms with Gasteiger partial charge in [0.1, 0.15) is 23.4 Å². The number of benzene rings is 2. The Morgan fingerprint density at radius 2 is 1.60 bits per heavy atom. The monoisotopic (exact) mass is 581 g/mol. The van der Waals surface area contributed by atoms with Crippen molar-refractivity contribution >= 4 is 17.9 Å². The second-order valence-corrected chi connectivity index (χ2v) is 12.0. The lowest BCUT2D eigenvalue weighted by atomic mass is 9.94. The van der Waals surface area contributed by atoms with E-state index in [-0.39, 0.29) is 24.0 Å². The highest BCUT2D eigenvalue weighted by Gasteiger charge is 2.37. The summed E-state index contributed by atoms with van der Waals surface area (Å²) in [4.78, 5) is 43.1. The molecular formula is C34H51N3O5. The van der Waals surface area contributed by atoms with E-state index in [2.05, 4.69) is 24.5 Å². The van der Waals surface area contributed by atoms with Gasteiger partial charge < -0.3 is 25.4 Å². The molecule has 0 saturated carbocycles. The molecule has 2 rings (SSSR count). The van der Waals surface area contributed by atoms with Crippen LogP contribution in [0.3, 0.4) is 0 Å². The van der Waals surface area contributed by atoms with Gasteiger partial charge in [0.25, 0.3) is 0 Å². The van der Waals surface area contributed by atoms with Gasteiger partial charge in [0, 0.05) is 19.5 Å². The van der Waals surface area contributed by atoms with E-state index in [4.69, 9.17) is 4.74 Å². The van der Waals surface area contributed by atoms with Gasteiger partial charge >= 0.3 is 6.09 Å². The fourth-order valence-electron chi connectivity index (χ4n) is 4.80. The molecular weight excluding hydrogens is 530 g/mol. The van der Waals surface area contributed by atoms with Crippen LogP contribution in [0, 0.1) is 13.8 Å². The Kier molecular flexibility index (Phi) is 13.8. The predicted molar refractivity (Wildman–Crippen MR) is 167 cm³/mol. The Morgan fingerprint density at radius 1 is 0.929 bits per heavy atom. The van der Waals surface area contributed by atoms with Crippen LogP contribution in [-0.4, -0.2) is 52.6 Å². The van der Waals surface area contributed by atoms with Crippen LogP contribution in [-0.2, 0) is 20.7 Å². The van der Waals surface area contributed by atoms with Gasteiger partial charge in [-0.1, -0.05) is 69.9 Å². The minimum absolute atomic E-state index is 0.109. The molecule has 0 aliphatic carbocycles. The molecule has 0 bridgehead atoms. The number of rotatable bonds is 15. The second kappa shape index (κ2) is 16.8. The van der Waals surface area contributed by atoms with Gasteiger partial charge in [0.05, 0.1) is 0 Å². The summed E-state index contributed by atoms with van der Waals surface area (Å²) in [6.07, 6.45) is 4.92. The van der Waals surface area contributed by atoms with Crippen molar-refractivity contribution in [2.24, 2.45) is 0 Å². The minimum Gasteiger partial charge on any atom is -0.508 e. The Hall–Kier alpha value is -3.55. The number of aromatic hydroxyl groups is 1. The van der Waals surface area contributed by atoms with E-state index in [9.17, 15) is 19.5 Å². The Morgan fingerprint density at radius 3 is 2.21 bits per heavy atom. The van der Waals surface area contributed by atoms with Crippen molar-refractivity contribution in [3.05, 3.63) is 64.7 Å². The van der Waals surface area contributed by atoms with Gasteiger partial charge in [-0.25, -0.2) is 4.79 Å². The number of aryl methyl sites for hydroxylation is 1. The lowest BCUT2D eigenvalue weighted by molar-refractivity contribution is -0.142. The molecule has 2 aromatic carbocycles. The summed E-state index contributed by atoms with van der Waals surface area (Å²) in [5, 5.41) is 15.6. The third kappa shape index (κ3) is 11.0. The van der Waals surface area contributed by atoms with Crippen molar-refractivity contribution in [3.8, 4) is 5.75 Å². The number of ether oxygens (including phenoxy) is 1. The molecule has 0 heterocycles. The number of amides is 3. The Bertz CT molecular complexity index is 1160. The molecule has 0 fully saturated rings. The molecule has 2 atom stereocenters. The zero-order valence-corrected chi connectivity index (χ0v) is 26.6. The topological polar surface area (TPSA) is 108 Å². The molecule has 2 unspecified atom stereocenters. The van der Waals surface area contributed by atoms with Crippen LogP contribution in [0.15, 0.2) is 42.5 Å². The van der Waals surface area contributed by atoms with Crippen LogP contribution >= 0.6 is 0 Å². The van der Waals surface area contributed by atoms with Crippen molar-refractivity contribution in [2.45, 2.75) is 111 Å². The summed E-state index contributed by atoms with van der Waals surface area (Å²) in [7, 11) is 0. The summed E-state index contributed by atoms with van der Waals surface area (Å²) in [6, 6.07) is 10.5. The standard InChI is InChI=1S/C34H51N3O5/c1-8-10-12-13-22-37(30(31(39)35-21-11-9-2)28-16-14-15-24(3)25(28)4)32(40)29(36-33(41)42-34(5,6)7)23-26-17-19-27(38)20-18-26/h14-20,29-30,38H,8-13,21-23H2,1-7H3,(H,35,39)(H,36,41). The molecule has 0 aliphatic rings. The van der Waals surface area contributed by atoms with Crippen molar-refractivity contribution in [1.29, 1.82) is 0 Å². The molecule has 232 valence electrons. The largest absolute Gasteiger partial charge is 0.508 e. The van der Waals surface area contributed by atoms with E-state index < -0.39 is 23.8 Å². The van der Waals surface area contributed by atoms with E-state index in [1.807, 2.05) is 32.0 Å². The maximum absolute atomic E-state index is 14.6. The van der Waals surface area contributed by atoms with Crippen molar-refractivity contribution < 1.29 is 24.2 Å². The van der Waals surface area contributed by atoms with Gasteiger partial charge in [0.15, 0.2) is 0 Å². The maximum Gasteiger partial charge on any atom is 0.408 e. The van der Waals surface area contributed by atoms with Crippen LogP contribution in [0.1, 0.15) is 101 Å². The van der Waals surface area contributed by atoms with E-state index in [0.29, 0.717) is 13.1 Å². The number of nitrogens with zero attached hydrogens (tertiary/aromatic N) is 1. The SMILES string of the molecule is CCCCCCN(C(=O)C(Cc1ccc(O)cc1)NC(=O)OC(C)(C)C)C(C(=O)NCCCC)c1cccc(C)c1C. The molecule has 2 aromatic rings. The summed E-state index contributed by atoms with van der Waals surface area (Å²) in [6.45, 7) is 14.3. The molecule has 8 heteroatoms. The molecule has 3 N–H and O–H groups in total. The summed E-state index contributed by atoms with van der Waals surface area (Å²) < 4.78 is 5.52. The van der Waals surface area contributed by atoms with Crippen LogP contribution < -0.4 is 10.6 Å². The molecule has 8 nitrogen and oxygen atoms in total. The van der Waals surface area contributed by atoms with Crippen LogP contribution in [0.25, 0.3) is 0 Å². The highest BCUT2D eigenvalue weighted by molar-refractivity contribution is 5.92. The fourth-order valence-corrected chi connectivity index (χ4v) is 4.80. The zero-order chi connectivity index (χ0) is 31.3. The number of phenolic OH excluding ortho intramolecular Hbond substituents is 1. The van der Waals surface area contributed by atoms with Gasteiger partial charge in [0.2, 0.25) is 11.8 Å². The first-order valence-electron chi connectivity index (χ1n) is 15.3. The molecule has 0 radical (unpaired) electrons. The molecule has 3 amide bonds. The highest BCUT2D eigenvalue weighted by Crippen LogP contribution is 2.28. The predicted octanol–water partition coefficient (Wildman–Crippen LogP) is 6.51. The van der Waals surface area contributed by atoms with Crippen LogP contribution in [0.2, 0.25) is 0 Å². The Balaban J connectivity index is 2.59. The number of hydrogen-bond donors (Lipinski definition) is 3. The average molecular weight is 582 g/mol. The Labute approximate surface area is 252 Å². The van der Waals surface area contributed by atoms with Crippen molar-refractivity contribution in [2.75, 3.05) is 13.1 Å². The average Bonchev–Trinajstić information content (AvgIpc) is 2.92. The van der Waals surface area contributed by atoms with E-state index in [1.165, 1.54) is 0 Å². The lowest BCUT2D eigenvalue weighted by Gasteiger charge is -2.35. The number of phenols is 1. The first-order valence-corrected chi connectivity index (χ1v) is 15.3. The van der Waals surface area contributed by atoms with Crippen molar-refractivity contribution in [3.63, 3.8) is 0 Å². The van der Waals surface area contributed by atoms with Gasteiger partial charge in [-0.05, 0) is 81.8 Å². The summed E-state index contributed by atoms with van der Waals surface area (Å²) in [5.74, 6) is -0.485. The van der Waals surface area contributed by atoms with Gasteiger partial charge in [-0.15, -0.1) is 0 Å². The number of carbonyl (C=O) groups is 3.